The molecule has 0 saturated carbocycles. The maximum absolute atomic E-state index is 13.1. The predicted octanol–water partition coefficient (Wildman–Crippen LogP) is 2.86. The summed E-state index contributed by atoms with van der Waals surface area (Å²) in [6.07, 6.45) is 1.20. The molecule has 2 fully saturated rings. The zero-order valence-corrected chi connectivity index (χ0v) is 14.9. The van der Waals surface area contributed by atoms with E-state index in [1.807, 2.05) is 30.3 Å². The summed E-state index contributed by atoms with van der Waals surface area (Å²) in [5, 5.41) is 0. The minimum absolute atomic E-state index is 0.00425. The van der Waals surface area contributed by atoms with Gasteiger partial charge in [0.25, 0.3) is 5.91 Å². The summed E-state index contributed by atoms with van der Waals surface area (Å²) in [5.74, 6) is 0.300. The van der Waals surface area contributed by atoms with Crippen LogP contribution in [0, 0.1) is 11.2 Å². The minimum atomic E-state index is -0.323. The Morgan fingerprint density at radius 2 is 1.81 bits per heavy atom. The lowest BCUT2D eigenvalue weighted by Gasteiger charge is -2.24. The number of amides is 2. The standard InChI is InChI=1S/C21H21FN2O3/c22-16-6-8-17(9-7-16)24-15-21(12-19(24)25)10-11-23(14-21)20(26)13-27-18-4-2-1-3-5-18/h1-9H,10-15H2. The second-order valence-corrected chi connectivity index (χ2v) is 7.30. The highest BCUT2D eigenvalue weighted by Gasteiger charge is 2.48. The molecule has 2 amide bonds. The van der Waals surface area contributed by atoms with Gasteiger partial charge in [0.05, 0.1) is 0 Å². The molecule has 0 aliphatic carbocycles. The van der Waals surface area contributed by atoms with E-state index in [4.69, 9.17) is 4.74 Å². The first-order valence-corrected chi connectivity index (χ1v) is 9.06. The number of carbonyl (C=O) groups is 2. The third-order valence-electron chi connectivity index (χ3n) is 5.36. The number of nitrogens with zero attached hydrogens (tertiary/aromatic N) is 2. The second kappa shape index (κ2) is 7.02. The van der Waals surface area contributed by atoms with Crippen LogP contribution in [0.25, 0.3) is 0 Å². The molecule has 5 nitrogen and oxygen atoms in total. The molecule has 2 heterocycles. The van der Waals surface area contributed by atoms with Gasteiger partial charge in [-0.1, -0.05) is 18.2 Å². The van der Waals surface area contributed by atoms with Crippen molar-refractivity contribution in [2.45, 2.75) is 12.8 Å². The van der Waals surface area contributed by atoms with E-state index in [-0.39, 0.29) is 29.7 Å². The van der Waals surface area contributed by atoms with Gasteiger partial charge in [-0.05, 0) is 42.8 Å². The molecule has 27 heavy (non-hydrogen) atoms. The van der Waals surface area contributed by atoms with E-state index >= 15 is 0 Å². The first-order valence-electron chi connectivity index (χ1n) is 9.06. The maximum Gasteiger partial charge on any atom is 0.260 e. The molecule has 0 bridgehead atoms. The van der Waals surface area contributed by atoms with Gasteiger partial charge in [-0.25, -0.2) is 4.39 Å². The molecule has 0 aromatic heterocycles. The molecule has 0 N–H and O–H groups in total. The number of halogens is 1. The second-order valence-electron chi connectivity index (χ2n) is 7.30. The molecule has 2 aromatic carbocycles. The Hall–Kier alpha value is -2.89. The zero-order valence-electron chi connectivity index (χ0n) is 14.9. The Kier molecular flexibility index (Phi) is 4.56. The molecule has 1 unspecified atom stereocenters. The summed E-state index contributed by atoms with van der Waals surface area (Å²) in [7, 11) is 0. The maximum atomic E-state index is 13.1. The van der Waals surface area contributed by atoms with Crippen molar-refractivity contribution in [1.29, 1.82) is 0 Å². The van der Waals surface area contributed by atoms with E-state index in [0.717, 1.165) is 6.42 Å². The first-order chi connectivity index (χ1) is 13.0. The summed E-state index contributed by atoms with van der Waals surface area (Å²) in [5.41, 5.74) is 0.476. The van der Waals surface area contributed by atoms with Gasteiger partial charge in [0.1, 0.15) is 11.6 Å². The lowest BCUT2D eigenvalue weighted by molar-refractivity contribution is -0.132. The Morgan fingerprint density at radius 1 is 1.07 bits per heavy atom. The highest BCUT2D eigenvalue weighted by Crippen LogP contribution is 2.41. The molecular weight excluding hydrogens is 347 g/mol. The number of hydrogen-bond donors (Lipinski definition) is 0. The van der Waals surface area contributed by atoms with Crippen molar-refractivity contribution >= 4 is 17.5 Å². The van der Waals surface area contributed by atoms with Gasteiger partial charge in [-0.15, -0.1) is 0 Å². The number of anilines is 1. The summed E-state index contributed by atoms with van der Waals surface area (Å²) in [6, 6.07) is 15.2. The lowest BCUT2D eigenvalue weighted by Crippen LogP contribution is -2.36. The normalized spacial score (nSPS) is 21.9. The average molecular weight is 368 g/mol. The fourth-order valence-electron chi connectivity index (χ4n) is 3.93. The molecule has 140 valence electrons. The van der Waals surface area contributed by atoms with E-state index in [1.165, 1.54) is 12.1 Å². The van der Waals surface area contributed by atoms with Crippen LogP contribution in [-0.4, -0.2) is 43.0 Å². The van der Waals surface area contributed by atoms with Gasteiger partial charge in [0, 0.05) is 37.2 Å². The van der Waals surface area contributed by atoms with Crippen LogP contribution in [-0.2, 0) is 9.59 Å². The first kappa shape index (κ1) is 17.5. The molecule has 1 spiro atoms. The van der Waals surface area contributed by atoms with Gasteiger partial charge >= 0.3 is 0 Å². The van der Waals surface area contributed by atoms with Crippen LogP contribution in [0.5, 0.6) is 5.75 Å². The van der Waals surface area contributed by atoms with Crippen LogP contribution in [0.15, 0.2) is 54.6 Å². The third-order valence-corrected chi connectivity index (χ3v) is 5.36. The monoisotopic (exact) mass is 368 g/mol. The fraction of sp³-hybridized carbons (Fsp3) is 0.333. The molecule has 1 atom stereocenters. The molecule has 2 aromatic rings. The number of hydrogen-bond acceptors (Lipinski definition) is 3. The van der Waals surface area contributed by atoms with E-state index in [0.29, 0.717) is 37.5 Å². The minimum Gasteiger partial charge on any atom is -0.484 e. The number of benzene rings is 2. The molecular formula is C21H21FN2O3. The van der Waals surface area contributed by atoms with E-state index in [2.05, 4.69) is 0 Å². The van der Waals surface area contributed by atoms with Crippen molar-refractivity contribution < 1.29 is 18.7 Å². The molecule has 6 heteroatoms. The number of para-hydroxylation sites is 1. The third kappa shape index (κ3) is 3.65. The van der Waals surface area contributed by atoms with Crippen LogP contribution < -0.4 is 9.64 Å². The zero-order chi connectivity index (χ0) is 18.9. The lowest BCUT2D eigenvalue weighted by atomic mass is 9.86. The number of rotatable bonds is 4. The van der Waals surface area contributed by atoms with Crippen LogP contribution in [0.4, 0.5) is 10.1 Å². The van der Waals surface area contributed by atoms with Crippen molar-refractivity contribution in [3.05, 3.63) is 60.4 Å². The Labute approximate surface area is 157 Å². The summed E-state index contributed by atoms with van der Waals surface area (Å²) < 4.78 is 18.7. The Morgan fingerprint density at radius 3 is 2.56 bits per heavy atom. The number of carbonyl (C=O) groups excluding carboxylic acids is 2. The van der Waals surface area contributed by atoms with Crippen LogP contribution in [0.2, 0.25) is 0 Å². The predicted molar refractivity (Wildman–Crippen MR) is 98.9 cm³/mol. The number of ether oxygens (including phenoxy) is 1. The smallest absolute Gasteiger partial charge is 0.260 e. The highest BCUT2D eigenvalue weighted by molar-refractivity contribution is 5.96. The SMILES string of the molecule is O=C(COc1ccccc1)N1CCC2(CC(=O)N(c3ccc(F)cc3)C2)C1. The van der Waals surface area contributed by atoms with Crippen molar-refractivity contribution in [2.24, 2.45) is 5.41 Å². The van der Waals surface area contributed by atoms with Gasteiger partial charge in [0.15, 0.2) is 6.61 Å². The summed E-state index contributed by atoms with van der Waals surface area (Å²) >= 11 is 0. The van der Waals surface area contributed by atoms with Gasteiger partial charge in [0.2, 0.25) is 5.91 Å². The van der Waals surface area contributed by atoms with Crippen molar-refractivity contribution in [2.75, 3.05) is 31.1 Å². The molecule has 0 radical (unpaired) electrons. The van der Waals surface area contributed by atoms with Crippen molar-refractivity contribution in [3.8, 4) is 5.75 Å². The summed E-state index contributed by atoms with van der Waals surface area (Å²) in [6.45, 7) is 1.73. The quantitative estimate of drug-likeness (QED) is 0.834. The van der Waals surface area contributed by atoms with Gasteiger partial charge in [-0.2, -0.15) is 0 Å². The molecule has 2 aliphatic rings. The van der Waals surface area contributed by atoms with E-state index in [9.17, 15) is 14.0 Å². The molecule has 2 saturated heterocycles. The van der Waals surface area contributed by atoms with Crippen LogP contribution in [0.1, 0.15) is 12.8 Å². The van der Waals surface area contributed by atoms with Gasteiger partial charge < -0.3 is 14.5 Å². The topological polar surface area (TPSA) is 49.9 Å². The summed E-state index contributed by atoms with van der Waals surface area (Å²) in [4.78, 5) is 28.5. The van der Waals surface area contributed by atoms with Crippen LogP contribution >= 0.6 is 0 Å². The average Bonchev–Trinajstić information content (AvgIpc) is 3.24. The van der Waals surface area contributed by atoms with Crippen molar-refractivity contribution in [1.82, 2.24) is 4.90 Å². The molecule has 4 rings (SSSR count). The van der Waals surface area contributed by atoms with E-state index < -0.39 is 0 Å². The van der Waals surface area contributed by atoms with E-state index in [1.54, 1.807) is 21.9 Å². The number of likely N-dealkylation sites (tertiary alicyclic amines) is 1. The van der Waals surface area contributed by atoms with Gasteiger partial charge in [-0.3, -0.25) is 9.59 Å². The fourth-order valence-corrected chi connectivity index (χ4v) is 3.93. The van der Waals surface area contributed by atoms with Crippen molar-refractivity contribution in [3.63, 3.8) is 0 Å². The Balaban J connectivity index is 1.37. The van der Waals surface area contributed by atoms with Crippen LogP contribution in [0.3, 0.4) is 0 Å². The highest BCUT2D eigenvalue weighted by atomic mass is 19.1. The molecule has 2 aliphatic heterocycles. The Bertz CT molecular complexity index is 840. The largest absolute Gasteiger partial charge is 0.484 e.